The highest BCUT2D eigenvalue weighted by Gasteiger charge is 2.31. The molecule has 0 aliphatic carbocycles. The fourth-order valence-electron chi connectivity index (χ4n) is 4.99. The first-order valence-corrected chi connectivity index (χ1v) is 13.5. The second kappa shape index (κ2) is 12.9. The van der Waals surface area contributed by atoms with Crippen LogP contribution in [0.1, 0.15) is 61.3 Å². The lowest BCUT2D eigenvalue weighted by Crippen LogP contribution is -2.44. The Morgan fingerprint density at radius 3 is 2.38 bits per heavy atom. The van der Waals surface area contributed by atoms with Gasteiger partial charge in [-0.1, -0.05) is 30.3 Å². The van der Waals surface area contributed by atoms with Gasteiger partial charge in [0.05, 0.1) is 24.2 Å². The van der Waals surface area contributed by atoms with E-state index in [2.05, 4.69) is 29.6 Å². The zero-order chi connectivity index (χ0) is 27.9. The van der Waals surface area contributed by atoms with E-state index in [0.29, 0.717) is 31.6 Å². The summed E-state index contributed by atoms with van der Waals surface area (Å²) in [5.41, 5.74) is 15.8. The number of benzene rings is 2. The van der Waals surface area contributed by atoms with Crippen LogP contribution in [0, 0.1) is 0 Å². The van der Waals surface area contributed by atoms with E-state index in [1.165, 1.54) is 10.1 Å². The molecule has 0 radical (unpaired) electrons. The number of nitrogens with two attached hydrogens (primary N) is 2. The highest BCUT2D eigenvalue weighted by molar-refractivity contribution is 6.00. The zero-order valence-electron chi connectivity index (χ0n) is 22.4. The van der Waals surface area contributed by atoms with Crippen molar-refractivity contribution < 1.29 is 19.1 Å². The molecule has 208 valence electrons. The van der Waals surface area contributed by atoms with Crippen molar-refractivity contribution >= 4 is 28.8 Å². The van der Waals surface area contributed by atoms with Gasteiger partial charge in [0.2, 0.25) is 17.7 Å². The van der Waals surface area contributed by atoms with E-state index in [-0.39, 0.29) is 36.4 Å². The van der Waals surface area contributed by atoms with Crippen molar-refractivity contribution in [1.82, 2.24) is 14.5 Å². The summed E-state index contributed by atoms with van der Waals surface area (Å²) in [6.45, 7) is 0.859. The van der Waals surface area contributed by atoms with E-state index in [4.69, 9.17) is 16.2 Å². The van der Waals surface area contributed by atoms with Crippen molar-refractivity contribution in [1.29, 1.82) is 0 Å². The van der Waals surface area contributed by atoms with Gasteiger partial charge in [0.15, 0.2) is 0 Å². The highest BCUT2D eigenvalue weighted by Crippen LogP contribution is 2.24. The number of primary amides is 1. The van der Waals surface area contributed by atoms with Crippen molar-refractivity contribution in [3.05, 3.63) is 69.6 Å². The van der Waals surface area contributed by atoms with Gasteiger partial charge in [0, 0.05) is 25.9 Å². The molecule has 3 aromatic rings. The van der Waals surface area contributed by atoms with Crippen molar-refractivity contribution in [2.75, 3.05) is 6.61 Å². The second-order valence-electron chi connectivity index (χ2n) is 10.3. The Bertz CT molecular complexity index is 1390. The standard InChI is InChI=1S/C29H37N5O5/c1-33-25-16-20(10-12-23(25)34(29(33)38)24-13-15-27(36)32-28(24)37)5-3-2-4-19-6-8-21(9-7-19)17-39-18-22(30)11-14-26(31)35/h6-10,12,16,22,24H,2-5,11,13-15,17-18,30H2,1H3,(H2,31,35)(H,32,36,37). The van der Waals surface area contributed by atoms with Crippen LogP contribution in [0.3, 0.4) is 0 Å². The lowest BCUT2D eigenvalue weighted by atomic mass is 10.0. The number of ether oxygens (including phenoxy) is 1. The number of rotatable bonds is 13. The Morgan fingerprint density at radius 2 is 1.69 bits per heavy atom. The molecule has 2 heterocycles. The van der Waals surface area contributed by atoms with Gasteiger partial charge in [-0.2, -0.15) is 0 Å². The number of nitrogens with zero attached hydrogens (tertiary/aromatic N) is 2. The molecule has 2 atom stereocenters. The van der Waals surface area contributed by atoms with E-state index in [1.807, 2.05) is 18.2 Å². The van der Waals surface area contributed by atoms with E-state index >= 15 is 0 Å². The zero-order valence-corrected chi connectivity index (χ0v) is 22.4. The summed E-state index contributed by atoms with van der Waals surface area (Å²) in [5.74, 6) is -1.07. The van der Waals surface area contributed by atoms with Crippen LogP contribution < -0.4 is 22.5 Å². The molecule has 5 N–H and O–H groups in total. The average Bonchev–Trinajstić information content (AvgIpc) is 3.15. The first-order chi connectivity index (χ1) is 18.7. The molecule has 2 unspecified atom stereocenters. The number of unbranched alkanes of at least 4 members (excludes halogenated alkanes) is 1. The minimum Gasteiger partial charge on any atom is -0.375 e. The fourth-order valence-corrected chi connectivity index (χ4v) is 4.99. The van der Waals surface area contributed by atoms with Gasteiger partial charge in [-0.25, -0.2) is 4.79 Å². The molecule has 10 nitrogen and oxygen atoms in total. The molecule has 0 saturated carbocycles. The maximum atomic E-state index is 12.9. The number of hydrogen-bond acceptors (Lipinski definition) is 6. The fraction of sp³-hybridized carbons (Fsp3) is 0.448. The third-order valence-corrected chi connectivity index (χ3v) is 7.24. The number of hydrogen-bond donors (Lipinski definition) is 3. The first-order valence-electron chi connectivity index (χ1n) is 13.5. The van der Waals surface area contributed by atoms with E-state index in [1.54, 1.807) is 11.6 Å². The van der Waals surface area contributed by atoms with Gasteiger partial charge in [-0.15, -0.1) is 0 Å². The number of imidazole rings is 1. The number of aryl methyl sites for hydroxylation is 3. The molecule has 1 fully saturated rings. The lowest BCUT2D eigenvalue weighted by Gasteiger charge is -2.21. The number of nitrogens with one attached hydrogen (secondary N) is 1. The number of amides is 3. The van der Waals surface area contributed by atoms with Crippen LogP contribution in [-0.4, -0.2) is 39.5 Å². The molecule has 4 rings (SSSR count). The number of carbonyl (C=O) groups excluding carboxylic acids is 3. The number of fused-ring (bicyclic) bond motifs is 1. The van der Waals surface area contributed by atoms with Crippen LogP contribution in [0.5, 0.6) is 0 Å². The van der Waals surface area contributed by atoms with E-state index < -0.39 is 11.9 Å². The van der Waals surface area contributed by atoms with Gasteiger partial charge >= 0.3 is 5.69 Å². The van der Waals surface area contributed by atoms with E-state index in [0.717, 1.165) is 42.3 Å². The van der Waals surface area contributed by atoms with Gasteiger partial charge in [0.1, 0.15) is 6.04 Å². The summed E-state index contributed by atoms with van der Waals surface area (Å²) in [6.07, 6.45) is 5.22. The number of carbonyl (C=O) groups is 3. The molecule has 10 heteroatoms. The monoisotopic (exact) mass is 535 g/mol. The number of piperidine rings is 1. The van der Waals surface area contributed by atoms with Crippen LogP contribution in [0.25, 0.3) is 11.0 Å². The van der Waals surface area contributed by atoms with Gasteiger partial charge < -0.3 is 16.2 Å². The molecule has 1 saturated heterocycles. The largest absolute Gasteiger partial charge is 0.375 e. The quantitative estimate of drug-likeness (QED) is 0.225. The molecule has 1 aliphatic rings. The van der Waals surface area contributed by atoms with Crippen LogP contribution in [-0.2, 0) is 45.6 Å². The minimum absolute atomic E-state index is 0.201. The Balaban J connectivity index is 1.26. The molecular weight excluding hydrogens is 498 g/mol. The maximum Gasteiger partial charge on any atom is 0.329 e. The Hall–Kier alpha value is -3.76. The van der Waals surface area contributed by atoms with Crippen molar-refractivity contribution in [2.24, 2.45) is 18.5 Å². The summed E-state index contributed by atoms with van der Waals surface area (Å²) in [4.78, 5) is 47.7. The minimum atomic E-state index is -0.673. The first kappa shape index (κ1) is 28.3. The Kier molecular flexibility index (Phi) is 9.32. The molecular formula is C29H37N5O5. The second-order valence-corrected chi connectivity index (χ2v) is 10.3. The Labute approximate surface area is 227 Å². The summed E-state index contributed by atoms with van der Waals surface area (Å²) in [7, 11) is 1.71. The average molecular weight is 536 g/mol. The van der Waals surface area contributed by atoms with Crippen molar-refractivity contribution in [2.45, 2.75) is 70.1 Å². The summed E-state index contributed by atoms with van der Waals surface area (Å²) in [6, 6.07) is 13.4. The van der Waals surface area contributed by atoms with Crippen LogP contribution in [0.2, 0.25) is 0 Å². The normalized spacial score (nSPS) is 16.4. The smallest absolute Gasteiger partial charge is 0.329 e. The van der Waals surface area contributed by atoms with Gasteiger partial charge in [-0.3, -0.25) is 28.8 Å². The summed E-state index contributed by atoms with van der Waals surface area (Å²) < 4.78 is 8.74. The van der Waals surface area contributed by atoms with Crippen molar-refractivity contribution in [3.8, 4) is 0 Å². The highest BCUT2D eigenvalue weighted by atomic mass is 16.5. The third kappa shape index (κ3) is 7.21. The number of imide groups is 1. The molecule has 1 aromatic heterocycles. The SMILES string of the molecule is Cn1c(=O)n(C2CCC(=O)NC2=O)c2ccc(CCCCc3ccc(COCC(N)CCC(N)=O)cc3)cc21. The molecule has 0 bridgehead atoms. The molecule has 3 amide bonds. The summed E-state index contributed by atoms with van der Waals surface area (Å²) >= 11 is 0. The predicted molar refractivity (Wildman–Crippen MR) is 148 cm³/mol. The predicted octanol–water partition coefficient (Wildman–Crippen LogP) is 1.99. The topological polar surface area (TPSA) is 151 Å². The van der Waals surface area contributed by atoms with Crippen LogP contribution >= 0.6 is 0 Å². The van der Waals surface area contributed by atoms with Crippen LogP contribution in [0.15, 0.2) is 47.3 Å². The van der Waals surface area contributed by atoms with Gasteiger partial charge in [-0.05, 0) is 67.3 Å². The summed E-state index contributed by atoms with van der Waals surface area (Å²) in [5, 5.41) is 2.34. The third-order valence-electron chi connectivity index (χ3n) is 7.24. The molecule has 2 aromatic carbocycles. The molecule has 39 heavy (non-hydrogen) atoms. The van der Waals surface area contributed by atoms with Crippen molar-refractivity contribution in [3.63, 3.8) is 0 Å². The van der Waals surface area contributed by atoms with E-state index in [9.17, 15) is 19.2 Å². The van der Waals surface area contributed by atoms with Crippen LogP contribution in [0.4, 0.5) is 0 Å². The molecule has 1 aliphatic heterocycles. The maximum absolute atomic E-state index is 12.9. The van der Waals surface area contributed by atoms with Gasteiger partial charge in [0.25, 0.3) is 0 Å². The lowest BCUT2D eigenvalue weighted by molar-refractivity contribution is -0.135. The molecule has 0 spiro atoms. The Morgan fingerprint density at radius 1 is 1.03 bits per heavy atom. The number of aromatic nitrogens is 2.